The molecule has 0 aliphatic carbocycles. The Kier molecular flexibility index (Phi) is 4.96. The Hall–Kier alpha value is -3.72. The largest absolute Gasteiger partial charge is 0.464 e. The van der Waals surface area contributed by atoms with E-state index in [1.54, 1.807) is 28.4 Å². The Balaban J connectivity index is 1.50. The van der Waals surface area contributed by atoms with Crippen LogP contribution < -0.4 is 5.32 Å². The molecular weight excluding hydrogens is 390 g/mol. The van der Waals surface area contributed by atoms with E-state index in [1.807, 2.05) is 37.3 Å². The summed E-state index contributed by atoms with van der Waals surface area (Å²) in [5, 5.41) is 9.41. The average molecular weight is 407 g/mol. The maximum atomic E-state index is 12.6. The highest BCUT2D eigenvalue weighted by Crippen LogP contribution is 2.26. The molecule has 4 aromatic rings. The minimum atomic E-state index is -0.454. The van der Waals surface area contributed by atoms with Gasteiger partial charge in [-0.3, -0.25) is 10.1 Å². The summed E-state index contributed by atoms with van der Waals surface area (Å²) in [5.74, 6) is -0.794. The first-order valence-electron chi connectivity index (χ1n) is 8.71. The summed E-state index contributed by atoms with van der Waals surface area (Å²) in [6.45, 7) is 1.89. The average Bonchev–Trinajstić information content (AvgIpc) is 3.47. The second kappa shape index (κ2) is 7.72. The van der Waals surface area contributed by atoms with Crippen LogP contribution in [0.2, 0.25) is 0 Å². The number of H-pyrrole nitrogens is 1. The van der Waals surface area contributed by atoms with Crippen molar-refractivity contribution < 1.29 is 14.3 Å². The molecule has 146 valence electrons. The third-order valence-corrected chi connectivity index (χ3v) is 4.99. The number of carbonyl (C=O) groups excluding carboxylic acids is 2. The first-order valence-corrected chi connectivity index (χ1v) is 9.59. The van der Waals surface area contributed by atoms with Crippen molar-refractivity contribution in [2.75, 3.05) is 12.4 Å². The molecule has 1 aromatic carbocycles. The van der Waals surface area contributed by atoms with Gasteiger partial charge in [0.05, 0.1) is 18.5 Å². The predicted octanol–water partition coefficient (Wildman–Crippen LogP) is 3.67. The normalized spacial score (nSPS) is 10.7. The van der Waals surface area contributed by atoms with Crippen molar-refractivity contribution in [1.82, 2.24) is 19.7 Å². The minimum Gasteiger partial charge on any atom is -0.464 e. The molecule has 0 aliphatic heterocycles. The Morgan fingerprint density at radius 3 is 2.76 bits per heavy atom. The van der Waals surface area contributed by atoms with Crippen molar-refractivity contribution in [3.63, 3.8) is 0 Å². The molecule has 0 aliphatic rings. The molecule has 3 aromatic heterocycles. The molecule has 0 spiro atoms. The lowest BCUT2D eigenvalue weighted by Crippen LogP contribution is -2.13. The van der Waals surface area contributed by atoms with E-state index in [4.69, 9.17) is 0 Å². The topological polar surface area (TPSA) is 102 Å². The van der Waals surface area contributed by atoms with Crippen LogP contribution in [0, 0.1) is 6.92 Å². The molecular formula is C20H17N5O3S. The van der Waals surface area contributed by atoms with E-state index >= 15 is 0 Å². The van der Waals surface area contributed by atoms with Gasteiger partial charge in [-0.05, 0) is 31.2 Å². The number of thiazole rings is 1. The highest BCUT2D eigenvalue weighted by Gasteiger charge is 2.16. The minimum absolute atomic E-state index is 0.303. The van der Waals surface area contributed by atoms with Gasteiger partial charge in [0.25, 0.3) is 5.91 Å². The first kappa shape index (κ1) is 18.6. The Morgan fingerprint density at radius 2 is 2.00 bits per heavy atom. The summed E-state index contributed by atoms with van der Waals surface area (Å²) in [5.41, 5.74) is 3.74. The van der Waals surface area contributed by atoms with Crippen LogP contribution in [0.4, 0.5) is 5.13 Å². The van der Waals surface area contributed by atoms with Crippen molar-refractivity contribution in [3.05, 3.63) is 71.1 Å². The molecule has 0 fully saturated rings. The van der Waals surface area contributed by atoms with Crippen LogP contribution in [0.15, 0.2) is 54.0 Å². The smallest absolute Gasteiger partial charge is 0.354 e. The molecule has 3 heterocycles. The van der Waals surface area contributed by atoms with Gasteiger partial charge >= 0.3 is 5.97 Å². The fraction of sp³-hybridized carbons (Fsp3) is 0.100. The van der Waals surface area contributed by atoms with Crippen LogP contribution in [0.1, 0.15) is 26.7 Å². The lowest BCUT2D eigenvalue weighted by molar-refractivity contribution is 0.0594. The zero-order valence-corrected chi connectivity index (χ0v) is 16.5. The van der Waals surface area contributed by atoms with Gasteiger partial charge in [0, 0.05) is 22.8 Å². The Bertz CT molecular complexity index is 1180. The number of methoxy groups -OCH3 is 1. The van der Waals surface area contributed by atoms with E-state index in [-0.39, 0.29) is 5.91 Å². The molecule has 9 heteroatoms. The van der Waals surface area contributed by atoms with Crippen molar-refractivity contribution >= 4 is 28.3 Å². The molecule has 0 atom stereocenters. The number of aromatic amines is 1. The number of benzene rings is 1. The molecule has 0 radical (unpaired) electrons. The molecule has 2 N–H and O–H groups in total. The SMILES string of the molecule is COC(=O)c1cc(-c2csc(NC(=O)c3cc(C)n(-c4ccccc4)n3)n2)c[nH]1. The van der Waals surface area contributed by atoms with E-state index in [2.05, 4.69) is 25.1 Å². The standard InChI is InChI=1S/C20H17N5O3S/c1-12-8-15(24-25(12)14-6-4-3-5-7-14)18(26)23-20-22-17(11-29-20)13-9-16(21-10-13)19(27)28-2/h3-11,21H,1-2H3,(H,22,23,26). The lowest BCUT2D eigenvalue weighted by Gasteiger charge is -2.02. The monoisotopic (exact) mass is 407 g/mol. The number of ether oxygens (including phenoxy) is 1. The fourth-order valence-corrected chi connectivity index (χ4v) is 3.53. The number of hydrogen-bond donors (Lipinski definition) is 2. The molecule has 0 bridgehead atoms. The number of rotatable bonds is 5. The van der Waals surface area contributed by atoms with E-state index < -0.39 is 5.97 Å². The van der Waals surface area contributed by atoms with Gasteiger partial charge in [-0.2, -0.15) is 5.10 Å². The number of aromatic nitrogens is 4. The molecule has 4 rings (SSSR count). The molecule has 0 unspecified atom stereocenters. The number of amides is 1. The Morgan fingerprint density at radius 1 is 1.21 bits per heavy atom. The van der Waals surface area contributed by atoms with Crippen LogP contribution in [-0.4, -0.2) is 38.7 Å². The van der Waals surface area contributed by atoms with E-state index in [0.29, 0.717) is 22.2 Å². The van der Waals surface area contributed by atoms with Crippen LogP contribution >= 0.6 is 11.3 Å². The summed E-state index contributed by atoms with van der Waals surface area (Å²) in [6.07, 6.45) is 1.66. The summed E-state index contributed by atoms with van der Waals surface area (Å²) in [7, 11) is 1.32. The number of nitrogens with one attached hydrogen (secondary N) is 2. The van der Waals surface area contributed by atoms with Gasteiger partial charge in [-0.25, -0.2) is 14.5 Å². The van der Waals surface area contributed by atoms with E-state index in [9.17, 15) is 9.59 Å². The predicted molar refractivity (Wildman–Crippen MR) is 109 cm³/mol. The van der Waals surface area contributed by atoms with E-state index in [1.165, 1.54) is 18.4 Å². The third kappa shape index (κ3) is 3.81. The highest BCUT2D eigenvalue weighted by atomic mass is 32.1. The fourth-order valence-electron chi connectivity index (χ4n) is 2.81. The summed E-state index contributed by atoms with van der Waals surface area (Å²) < 4.78 is 6.40. The number of carbonyl (C=O) groups is 2. The maximum Gasteiger partial charge on any atom is 0.354 e. The molecule has 1 amide bonds. The zero-order valence-electron chi connectivity index (χ0n) is 15.7. The number of aryl methyl sites for hydroxylation is 1. The second-order valence-corrected chi connectivity index (χ2v) is 7.06. The second-order valence-electron chi connectivity index (χ2n) is 6.20. The summed E-state index contributed by atoms with van der Waals surface area (Å²) >= 11 is 1.29. The molecule has 29 heavy (non-hydrogen) atoms. The van der Waals surface area contributed by atoms with Gasteiger partial charge in [-0.1, -0.05) is 18.2 Å². The number of esters is 1. The first-order chi connectivity index (χ1) is 14.0. The summed E-state index contributed by atoms with van der Waals surface area (Å²) in [6, 6.07) is 13.0. The zero-order chi connectivity index (χ0) is 20.4. The Labute approximate surface area is 170 Å². The third-order valence-electron chi connectivity index (χ3n) is 4.23. The van der Waals surface area contributed by atoms with Crippen molar-refractivity contribution in [1.29, 1.82) is 0 Å². The summed E-state index contributed by atoms with van der Waals surface area (Å²) in [4.78, 5) is 31.4. The van der Waals surface area contributed by atoms with Crippen molar-refractivity contribution in [2.45, 2.75) is 6.92 Å². The molecule has 0 saturated heterocycles. The van der Waals surface area contributed by atoms with Crippen molar-refractivity contribution in [3.8, 4) is 16.9 Å². The lowest BCUT2D eigenvalue weighted by atomic mass is 10.2. The van der Waals surface area contributed by atoms with Crippen LogP contribution in [-0.2, 0) is 4.74 Å². The molecule has 8 nitrogen and oxygen atoms in total. The van der Waals surface area contributed by atoms with Gasteiger partial charge in [0.15, 0.2) is 10.8 Å². The molecule has 0 saturated carbocycles. The quantitative estimate of drug-likeness (QED) is 0.492. The van der Waals surface area contributed by atoms with Crippen LogP contribution in [0.25, 0.3) is 16.9 Å². The van der Waals surface area contributed by atoms with Gasteiger partial charge in [0.1, 0.15) is 5.69 Å². The van der Waals surface area contributed by atoms with Gasteiger partial charge in [0.2, 0.25) is 0 Å². The number of hydrogen-bond acceptors (Lipinski definition) is 6. The van der Waals surface area contributed by atoms with E-state index in [0.717, 1.165) is 16.9 Å². The van der Waals surface area contributed by atoms with Gasteiger partial charge in [-0.15, -0.1) is 11.3 Å². The van der Waals surface area contributed by atoms with Crippen LogP contribution in [0.5, 0.6) is 0 Å². The van der Waals surface area contributed by atoms with Crippen molar-refractivity contribution in [2.24, 2.45) is 0 Å². The number of para-hydroxylation sites is 1. The highest BCUT2D eigenvalue weighted by molar-refractivity contribution is 7.14. The van der Waals surface area contributed by atoms with Crippen LogP contribution in [0.3, 0.4) is 0 Å². The number of anilines is 1. The van der Waals surface area contributed by atoms with Gasteiger partial charge < -0.3 is 9.72 Å². The number of nitrogens with zero attached hydrogens (tertiary/aromatic N) is 3. The maximum absolute atomic E-state index is 12.6.